The molecule has 1 aromatic heterocycles. The van der Waals surface area contributed by atoms with Crippen molar-refractivity contribution in [1.82, 2.24) is 10.2 Å². The molecule has 0 atom stereocenters. The summed E-state index contributed by atoms with van der Waals surface area (Å²) in [5.74, 6) is 0.764. The van der Waals surface area contributed by atoms with Crippen LogP contribution in [-0.2, 0) is 6.42 Å². The lowest BCUT2D eigenvalue weighted by molar-refractivity contribution is 0.103. The molecular formula is C17H20N2O2. The van der Waals surface area contributed by atoms with Crippen molar-refractivity contribution in [2.24, 2.45) is 0 Å². The molecule has 0 aliphatic heterocycles. The number of hydrogen-bond donors (Lipinski definition) is 0. The summed E-state index contributed by atoms with van der Waals surface area (Å²) in [6.07, 6.45) is 1.65. The Bertz CT molecular complexity index is 621. The van der Waals surface area contributed by atoms with Crippen LogP contribution in [0.2, 0.25) is 0 Å². The van der Waals surface area contributed by atoms with Gasteiger partial charge in [0.15, 0.2) is 5.78 Å². The predicted octanol–water partition coefficient (Wildman–Crippen LogP) is 3.37. The number of hydrogen-bond acceptors (Lipinski definition) is 4. The van der Waals surface area contributed by atoms with E-state index >= 15 is 0 Å². The molecule has 0 aliphatic carbocycles. The van der Waals surface area contributed by atoms with E-state index in [0.29, 0.717) is 24.2 Å². The number of aryl methyl sites for hydroxylation is 2. The second-order valence-electron chi connectivity index (χ2n) is 4.90. The van der Waals surface area contributed by atoms with Crippen LogP contribution in [0.4, 0.5) is 0 Å². The summed E-state index contributed by atoms with van der Waals surface area (Å²) in [7, 11) is 0. The molecule has 0 amide bonds. The largest absolute Gasteiger partial charge is 0.494 e. The first-order chi connectivity index (χ1) is 10.2. The summed E-state index contributed by atoms with van der Waals surface area (Å²) in [4.78, 5) is 12.6. The van der Waals surface area contributed by atoms with Gasteiger partial charge in [0.25, 0.3) is 0 Å². The van der Waals surface area contributed by atoms with Crippen molar-refractivity contribution in [2.45, 2.75) is 33.6 Å². The highest BCUT2D eigenvalue weighted by molar-refractivity contribution is 6.09. The molecule has 2 rings (SSSR count). The van der Waals surface area contributed by atoms with Gasteiger partial charge in [-0.25, -0.2) is 0 Å². The lowest BCUT2D eigenvalue weighted by atomic mass is 10.0. The minimum Gasteiger partial charge on any atom is -0.494 e. The Morgan fingerprint density at radius 3 is 2.48 bits per heavy atom. The fraction of sp³-hybridized carbons (Fsp3) is 0.353. The smallest absolute Gasteiger partial charge is 0.194 e. The average Bonchev–Trinajstić information content (AvgIpc) is 2.52. The molecule has 21 heavy (non-hydrogen) atoms. The summed E-state index contributed by atoms with van der Waals surface area (Å²) in [5, 5.41) is 8.12. The third-order valence-corrected chi connectivity index (χ3v) is 3.16. The van der Waals surface area contributed by atoms with Crippen molar-refractivity contribution in [3.05, 3.63) is 52.8 Å². The number of benzene rings is 1. The Balaban J connectivity index is 2.25. The van der Waals surface area contributed by atoms with E-state index in [1.165, 1.54) is 0 Å². The molecule has 0 unspecified atom stereocenters. The molecule has 0 bridgehead atoms. The van der Waals surface area contributed by atoms with Crippen molar-refractivity contribution in [1.29, 1.82) is 0 Å². The zero-order valence-electron chi connectivity index (χ0n) is 12.7. The van der Waals surface area contributed by atoms with Crippen LogP contribution >= 0.6 is 0 Å². The Kier molecular flexibility index (Phi) is 5.04. The summed E-state index contributed by atoms with van der Waals surface area (Å²) in [6, 6.07) is 9.05. The van der Waals surface area contributed by atoms with Crippen molar-refractivity contribution in [2.75, 3.05) is 6.61 Å². The van der Waals surface area contributed by atoms with Crippen LogP contribution in [0.3, 0.4) is 0 Å². The fourth-order valence-electron chi connectivity index (χ4n) is 2.05. The van der Waals surface area contributed by atoms with Crippen LogP contribution in [0.5, 0.6) is 5.75 Å². The molecular weight excluding hydrogens is 264 g/mol. The van der Waals surface area contributed by atoms with Crippen LogP contribution in [0.25, 0.3) is 0 Å². The van der Waals surface area contributed by atoms with E-state index in [1.807, 2.05) is 26.0 Å². The first-order valence-electron chi connectivity index (χ1n) is 7.26. The van der Waals surface area contributed by atoms with E-state index in [1.54, 1.807) is 18.2 Å². The summed E-state index contributed by atoms with van der Waals surface area (Å²) in [6.45, 7) is 6.55. The molecule has 1 aromatic carbocycles. The molecule has 4 nitrogen and oxygen atoms in total. The molecule has 0 saturated carbocycles. The highest BCUT2D eigenvalue weighted by atomic mass is 16.5. The molecule has 0 aliphatic rings. The van der Waals surface area contributed by atoms with Gasteiger partial charge in [0.2, 0.25) is 0 Å². The molecule has 0 radical (unpaired) electrons. The standard InChI is InChI=1S/C17H20N2O2/c1-4-10-21-14-8-6-13(7-9-14)17(20)15-11-12(3)18-19-16(15)5-2/h6-9,11H,4-5,10H2,1-3H3. The van der Waals surface area contributed by atoms with Gasteiger partial charge in [-0.15, -0.1) is 0 Å². The zero-order chi connectivity index (χ0) is 15.2. The van der Waals surface area contributed by atoms with E-state index in [2.05, 4.69) is 17.1 Å². The lowest BCUT2D eigenvalue weighted by Crippen LogP contribution is -2.09. The van der Waals surface area contributed by atoms with Crippen LogP contribution in [-0.4, -0.2) is 22.6 Å². The van der Waals surface area contributed by atoms with Gasteiger partial charge >= 0.3 is 0 Å². The number of rotatable bonds is 6. The fourth-order valence-corrected chi connectivity index (χ4v) is 2.05. The average molecular weight is 284 g/mol. The number of ether oxygens (including phenoxy) is 1. The Morgan fingerprint density at radius 2 is 1.86 bits per heavy atom. The van der Waals surface area contributed by atoms with Crippen molar-refractivity contribution < 1.29 is 9.53 Å². The summed E-state index contributed by atoms with van der Waals surface area (Å²) < 4.78 is 5.53. The first kappa shape index (κ1) is 15.2. The van der Waals surface area contributed by atoms with Gasteiger partial charge in [0, 0.05) is 11.1 Å². The second kappa shape index (κ2) is 6.97. The highest BCUT2D eigenvalue weighted by Crippen LogP contribution is 2.17. The van der Waals surface area contributed by atoms with Gasteiger partial charge in [-0.1, -0.05) is 13.8 Å². The molecule has 110 valence electrons. The zero-order valence-corrected chi connectivity index (χ0v) is 12.7. The lowest BCUT2D eigenvalue weighted by Gasteiger charge is -2.08. The maximum atomic E-state index is 12.6. The predicted molar refractivity (Wildman–Crippen MR) is 81.8 cm³/mol. The molecule has 0 N–H and O–H groups in total. The SMILES string of the molecule is CCCOc1ccc(C(=O)c2cc(C)nnc2CC)cc1. The number of carbonyl (C=O) groups is 1. The van der Waals surface area contributed by atoms with Gasteiger partial charge in [0.05, 0.1) is 18.0 Å². The Labute approximate surface area is 125 Å². The summed E-state index contributed by atoms with van der Waals surface area (Å²) in [5.41, 5.74) is 2.75. The maximum Gasteiger partial charge on any atom is 0.194 e. The minimum atomic E-state index is -0.0214. The van der Waals surface area contributed by atoms with Crippen LogP contribution in [0, 0.1) is 6.92 Å². The van der Waals surface area contributed by atoms with E-state index < -0.39 is 0 Å². The molecule has 1 heterocycles. The molecule has 0 spiro atoms. The Hall–Kier alpha value is -2.23. The van der Waals surface area contributed by atoms with Crippen molar-refractivity contribution in [3.8, 4) is 5.75 Å². The topological polar surface area (TPSA) is 52.1 Å². The van der Waals surface area contributed by atoms with E-state index in [4.69, 9.17) is 4.74 Å². The quantitative estimate of drug-likeness (QED) is 0.763. The van der Waals surface area contributed by atoms with Crippen molar-refractivity contribution >= 4 is 5.78 Å². The van der Waals surface area contributed by atoms with E-state index in [-0.39, 0.29) is 5.78 Å². The third kappa shape index (κ3) is 3.66. The summed E-state index contributed by atoms with van der Waals surface area (Å²) >= 11 is 0. The number of nitrogens with zero attached hydrogens (tertiary/aromatic N) is 2. The number of ketones is 1. The minimum absolute atomic E-state index is 0.0214. The highest BCUT2D eigenvalue weighted by Gasteiger charge is 2.15. The number of carbonyl (C=O) groups excluding carboxylic acids is 1. The molecule has 0 saturated heterocycles. The van der Waals surface area contributed by atoms with Gasteiger partial charge in [-0.2, -0.15) is 10.2 Å². The van der Waals surface area contributed by atoms with Crippen LogP contribution in [0.15, 0.2) is 30.3 Å². The van der Waals surface area contributed by atoms with Crippen LogP contribution in [0.1, 0.15) is 47.6 Å². The molecule has 2 aromatic rings. The van der Waals surface area contributed by atoms with Gasteiger partial charge in [-0.3, -0.25) is 4.79 Å². The van der Waals surface area contributed by atoms with E-state index in [0.717, 1.165) is 23.6 Å². The van der Waals surface area contributed by atoms with E-state index in [9.17, 15) is 4.79 Å². The molecule has 4 heteroatoms. The normalized spacial score (nSPS) is 10.4. The number of aromatic nitrogens is 2. The van der Waals surface area contributed by atoms with Gasteiger partial charge < -0.3 is 4.74 Å². The maximum absolute atomic E-state index is 12.6. The van der Waals surface area contributed by atoms with Gasteiger partial charge in [-0.05, 0) is 50.1 Å². The third-order valence-electron chi connectivity index (χ3n) is 3.16. The van der Waals surface area contributed by atoms with Crippen LogP contribution < -0.4 is 4.74 Å². The first-order valence-corrected chi connectivity index (χ1v) is 7.26. The van der Waals surface area contributed by atoms with Crippen molar-refractivity contribution in [3.63, 3.8) is 0 Å². The van der Waals surface area contributed by atoms with Gasteiger partial charge in [0.1, 0.15) is 5.75 Å². The Morgan fingerprint density at radius 1 is 1.14 bits per heavy atom. The molecule has 0 fully saturated rings. The second-order valence-corrected chi connectivity index (χ2v) is 4.90. The monoisotopic (exact) mass is 284 g/mol.